The van der Waals surface area contributed by atoms with Crippen LogP contribution in [0, 0.1) is 0 Å². The second kappa shape index (κ2) is 9.79. The van der Waals surface area contributed by atoms with Crippen molar-refractivity contribution in [2.75, 3.05) is 38.3 Å². The fourth-order valence-corrected chi connectivity index (χ4v) is 3.86. The van der Waals surface area contributed by atoms with E-state index in [1.165, 1.54) is 11.8 Å². The Labute approximate surface area is 169 Å². The average Bonchev–Trinajstić information content (AvgIpc) is 3.15. The summed E-state index contributed by atoms with van der Waals surface area (Å²) in [5.41, 5.74) is 1.03. The van der Waals surface area contributed by atoms with Gasteiger partial charge in [0.25, 0.3) is 0 Å². The van der Waals surface area contributed by atoms with Crippen LogP contribution in [0.25, 0.3) is 0 Å². The zero-order valence-electron chi connectivity index (χ0n) is 16.6. The van der Waals surface area contributed by atoms with Gasteiger partial charge in [0.15, 0.2) is 5.16 Å². The number of amides is 1. The summed E-state index contributed by atoms with van der Waals surface area (Å²) in [6, 6.07) is 7.66. The van der Waals surface area contributed by atoms with Gasteiger partial charge in [0.05, 0.1) is 25.6 Å². The third-order valence-electron chi connectivity index (χ3n) is 4.58. The van der Waals surface area contributed by atoms with E-state index in [2.05, 4.69) is 31.9 Å². The van der Waals surface area contributed by atoms with Crippen molar-refractivity contribution in [3.63, 3.8) is 0 Å². The van der Waals surface area contributed by atoms with Crippen LogP contribution in [0.2, 0.25) is 0 Å². The lowest BCUT2D eigenvalue weighted by atomic mass is 10.2. The van der Waals surface area contributed by atoms with Crippen LogP contribution in [-0.4, -0.2) is 59.3 Å². The standard InChI is InChI=1S/C19H27N5O3S/c1-4-24-18(23-9-11-27-12-10-23)21-22-19(24)28-14(2)17(25)20-13-15-5-7-16(26-3)8-6-15/h5-8,14H,4,9-13H2,1-3H3,(H,20,25)/t14-/m0/s1. The molecule has 8 nitrogen and oxygen atoms in total. The number of benzene rings is 1. The molecule has 0 aliphatic carbocycles. The van der Waals surface area contributed by atoms with Gasteiger partial charge in [-0.1, -0.05) is 23.9 Å². The van der Waals surface area contributed by atoms with Crippen molar-refractivity contribution in [1.82, 2.24) is 20.1 Å². The quantitative estimate of drug-likeness (QED) is 0.672. The van der Waals surface area contributed by atoms with Crippen LogP contribution in [-0.2, 0) is 22.6 Å². The number of carbonyl (C=O) groups is 1. The normalized spacial score (nSPS) is 15.3. The number of morpholine rings is 1. The van der Waals surface area contributed by atoms with Gasteiger partial charge in [-0.3, -0.25) is 9.36 Å². The molecule has 0 radical (unpaired) electrons. The molecule has 3 rings (SSSR count). The summed E-state index contributed by atoms with van der Waals surface area (Å²) in [6.07, 6.45) is 0. The van der Waals surface area contributed by atoms with Gasteiger partial charge in [-0.15, -0.1) is 10.2 Å². The van der Waals surface area contributed by atoms with Gasteiger partial charge in [-0.25, -0.2) is 0 Å². The van der Waals surface area contributed by atoms with Crippen LogP contribution in [0.1, 0.15) is 19.4 Å². The van der Waals surface area contributed by atoms with Gasteiger partial charge in [0, 0.05) is 26.2 Å². The molecule has 1 aliphatic heterocycles. The van der Waals surface area contributed by atoms with E-state index in [4.69, 9.17) is 9.47 Å². The van der Waals surface area contributed by atoms with Crippen LogP contribution in [0.3, 0.4) is 0 Å². The smallest absolute Gasteiger partial charge is 0.233 e. The van der Waals surface area contributed by atoms with E-state index in [-0.39, 0.29) is 11.2 Å². The van der Waals surface area contributed by atoms with E-state index in [0.29, 0.717) is 19.8 Å². The summed E-state index contributed by atoms with van der Waals surface area (Å²) in [4.78, 5) is 14.7. The van der Waals surface area contributed by atoms with Crippen molar-refractivity contribution < 1.29 is 14.3 Å². The highest BCUT2D eigenvalue weighted by atomic mass is 32.2. The molecule has 1 saturated heterocycles. The van der Waals surface area contributed by atoms with Gasteiger partial charge >= 0.3 is 0 Å². The number of nitrogens with one attached hydrogen (secondary N) is 1. The molecule has 1 aromatic heterocycles. The molecule has 28 heavy (non-hydrogen) atoms. The van der Waals surface area contributed by atoms with E-state index in [1.54, 1.807) is 7.11 Å². The number of methoxy groups -OCH3 is 1. The molecule has 152 valence electrons. The van der Waals surface area contributed by atoms with Gasteiger partial charge in [-0.2, -0.15) is 0 Å². The van der Waals surface area contributed by atoms with E-state index in [9.17, 15) is 4.79 Å². The van der Waals surface area contributed by atoms with Crippen LogP contribution in [0.5, 0.6) is 5.75 Å². The molecule has 1 atom stereocenters. The predicted octanol–water partition coefficient (Wildman–Crippen LogP) is 1.94. The predicted molar refractivity (Wildman–Crippen MR) is 109 cm³/mol. The number of hydrogen-bond donors (Lipinski definition) is 1. The molecular weight excluding hydrogens is 378 g/mol. The minimum absolute atomic E-state index is 0.0283. The maximum absolute atomic E-state index is 12.5. The monoisotopic (exact) mass is 405 g/mol. The fraction of sp³-hybridized carbons (Fsp3) is 0.526. The molecule has 9 heteroatoms. The molecule has 2 aromatic rings. The van der Waals surface area contributed by atoms with Gasteiger partial charge in [-0.05, 0) is 31.5 Å². The molecule has 0 saturated carbocycles. The molecule has 1 N–H and O–H groups in total. The molecule has 0 unspecified atom stereocenters. The molecule has 0 bridgehead atoms. The summed E-state index contributed by atoms with van der Waals surface area (Å²) < 4.78 is 12.6. The van der Waals surface area contributed by atoms with Gasteiger partial charge < -0.3 is 19.7 Å². The highest BCUT2D eigenvalue weighted by Crippen LogP contribution is 2.26. The maximum atomic E-state index is 12.5. The lowest BCUT2D eigenvalue weighted by Crippen LogP contribution is -2.38. The maximum Gasteiger partial charge on any atom is 0.233 e. The number of anilines is 1. The average molecular weight is 406 g/mol. The Morgan fingerprint density at radius 3 is 2.64 bits per heavy atom. The number of hydrogen-bond acceptors (Lipinski definition) is 7. The topological polar surface area (TPSA) is 81.5 Å². The second-order valence-corrected chi connectivity index (χ2v) is 7.76. The summed E-state index contributed by atoms with van der Waals surface area (Å²) >= 11 is 1.43. The van der Waals surface area contributed by atoms with Crippen LogP contribution < -0.4 is 15.0 Å². The van der Waals surface area contributed by atoms with Crippen molar-refractivity contribution in [1.29, 1.82) is 0 Å². The van der Waals surface area contributed by atoms with E-state index >= 15 is 0 Å². The zero-order valence-corrected chi connectivity index (χ0v) is 17.4. The third-order valence-corrected chi connectivity index (χ3v) is 5.67. The highest BCUT2D eigenvalue weighted by Gasteiger charge is 2.23. The number of rotatable bonds is 8. The summed E-state index contributed by atoms with van der Waals surface area (Å²) in [5.74, 6) is 1.62. The van der Waals surface area contributed by atoms with Crippen molar-refractivity contribution in [2.45, 2.75) is 37.3 Å². The number of ether oxygens (including phenoxy) is 2. The summed E-state index contributed by atoms with van der Waals surface area (Å²) in [6.45, 7) is 8.19. The minimum atomic E-state index is -0.273. The first kappa shape index (κ1) is 20.5. The van der Waals surface area contributed by atoms with E-state index in [1.807, 2.05) is 31.2 Å². The van der Waals surface area contributed by atoms with Gasteiger partial charge in [0.1, 0.15) is 5.75 Å². The number of carbonyl (C=O) groups excluding carboxylic acids is 1. The Hall–Kier alpha value is -2.26. The Kier molecular flexibility index (Phi) is 7.16. The molecule has 0 spiro atoms. The molecule has 1 fully saturated rings. The molecule has 1 amide bonds. The first-order valence-corrected chi connectivity index (χ1v) is 10.3. The summed E-state index contributed by atoms with van der Waals surface area (Å²) in [5, 5.41) is 12.1. The Bertz CT molecular complexity index is 774. The Morgan fingerprint density at radius 1 is 1.29 bits per heavy atom. The van der Waals surface area contributed by atoms with Crippen LogP contribution >= 0.6 is 11.8 Å². The minimum Gasteiger partial charge on any atom is -0.497 e. The number of thioether (sulfide) groups is 1. The molecule has 1 aromatic carbocycles. The molecular formula is C19H27N5O3S. The summed E-state index contributed by atoms with van der Waals surface area (Å²) in [7, 11) is 1.63. The second-order valence-electron chi connectivity index (χ2n) is 6.45. The number of aromatic nitrogens is 3. The number of nitrogens with zero attached hydrogens (tertiary/aromatic N) is 4. The molecule has 1 aliphatic rings. The van der Waals surface area contributed by atoms with E-state index < -0.39 is 0 Å². The van der Waals surface area contributed by atoms with Crippen LogP contribution in [0.4, 0.5) is 5.95 Å². The largest absolute Gasteiger partial charge is 0.497 e. The zero-order chi connectivity index (χ0) is 19.9. The SMILES string of the molecule is CCn1c(S[C@@H](C)C(=O)NCc2ccc(OC)cc2)nnc1N1CCOCC1. The Morgan fingerprint density at radius 2 is 2.00 bits per heavy atom. The lowest BCUT2D eigenvalue weighted by molar-refractivity contribution is -0.120. The fourth-order valence-electron chi connectivity index (χ4n) is 2.93. The Balaban J connectivity index is 1.57. The first-order chi connectivity index (χ1) is 13.6. The van der Waals surface area contributed by atoms with Crippen molar-refractivity contribution in [2.24, 2.45) is 0 Å². The van der Waals surface area contributed by atoms with Crippen molar-refractivity contribution in [3.8, 4) is 5.75 Å². The third kappa shape index (κ3) is 4.96. The van der Waals surface area contributed by atoms with Crippen molar-refractivity contribution in [3.05, 3.63) is 29.8 Å². The lowest BCUT2D eigenvalue weighted by Gasteiger charge is -2.27. The van der Waals surface area contributed by atoms with Crippen molar-refractivity contribution >= 4 is 23.6 Å². The molecule has 2 heterocycles. The highest BCUT2D eigenvalue weighted by molar-refractivity contribution is 8.00. The van der Waals surface area contributed by atoms with E-state index in [0.717, 1.165) is 42.1 Å². The van der Waals surface area contributed by atoms with Gasteiger partial charge in [0.2, 0.25) is 11.9 Å². The first-order valence-electron chi connectivity index (χ1n) is 9.45. The van der Waals surface area contributed by atoms with Crippen LogP contribution in [0.15, 0.2) is 29.4 Å².